The van der Waals surface area contributed by atoms with Crippen molar-refractivity contribution in [3.8, 4) is 0 Å². The molecule has 40 valence electrons. The Bertz CT molecular complexity index is 8.75. The topological polar surface area (TPSA) is 94.5 Å². The van der Waals surface area contributed by atoms with Crippen LogP contribution < -0.4 is 0 Å². The molecule has 0 spiro atoms. The summed E-state index contributed by atoms with van der Waals surface area (Å²) >= 11 is 0. The fourth-order valence-corrected chi connectivity index (χ4v) is 0. The molecule has 0 aliphatic heterocycles. The van der Waals surface area contributed by atoms with Crippen molar-refractivity contribution >= 4 is 0 Å². The molecule has 0 atom stereocenters. The molecule has 0 aromatic carbocycles. The maximum Gasteiger partial charge on any atom is 0 e. The van der Waals surface area contributed by atoms with E-state index in [2.05, 4.69) is 0 Å². The van der Waals surface area contributed by atoms with Gasteiger partial charge in [-0.25, -0.2) is 0 Å². The SMILES string of the molecule is O.O.O.[Cr].[Cr].[Ti]. The Hall–Kier alpha value is 1.66. The van der Waals surface area contributed by atoms with Gasteiger partial charge >= 0.3 is 0 Å². The minimum atomic E-state index is 0. The van der Waals surface area contributed by atoms with Crippen LogP contribution in [0.5, 0.6) is 0 Å². The van der Waals surface area contributed by atoms with Gasteiger partial charge in [0.2, 0.25) is 0 Å². The summed E-state index contributed by atoms with van der Waals surface area (Å²) in [5, 5.41) is 0. The first-order valence-electron chi connectivity index (χ1n) is 0. The Balaban J connectivity index is 0. The average molecular weight is 206 g/mol. The molecule has 6 heavy (non-hydrogen) atoms. The van der Waals surface area contributed by atoms with Gasteiger partial charge in [-0.3, -0.25) is 0 Å². The van der Waals surface area contributed by atoms with Crippen molar-refractivity contribution in [2.24, 2.45) is 0 Å². The molecule has 0 saturated carbocycles. The molecule has 0 saturated heterocycles. The summed E-state index contributed by atoms with van der Waals surface area (Å²) in [6.45, 7) is 0. The van der Waals surface area contributed by atoms with Crippen molar-refractivity contribution < 1.29 is 72.9 Å². The summed E-state index contributed by atoms with van der Waals surface area (Å²) < 4.78 is 0. The molecule has 0 radical (unpaired) electrons. The molecular formula is H6Cr2O3Ti. The summed E-state index contributed by atoms with van der Waals surface area (Å²) in [6, 6.07) is 0. The molecule has 0 rings (SSSR count). The first-order chi connectivity index (χ1) is 0. The largest absolute Gasteiger partial charge is 0.412 e. The third-order valence-corrected chi connectivity index (χ3v) is 0. The average Bonchev–Trinajstić information content (AvgIpc) is 0. The van der Waals surface area contributed by atoms with Crippen LogP contribution in [-0.2, 0) is 56.4 Å². The van der Waals surface area contributed by atoms with Gasteiger partial charge in [0.05, 0.1) is 0 Å². The quantitative estimate of drug-likeness (QED) is 0.392. The molecule has 6 N–H and O–H groups in total. The molecule has 0 aliphatic rings. The predicted molar refractivity (Wildman–Crippen MR) is 10.8 cm³/mol. The van der Waals surface area contributed by atoms with E-state index in [0.717, 1.165) is 0 Å². The van der Waals surface area contributed by atoms with E-state index in [4.69, 9.17) is 0 Å². The van der Waals surface area contributed by atoms with Crippen LogP contribution in [0.25, 0.3) is 0 Å². The summed E-state index contributed by atoms with van der Waals surface area (Å²) in [4.78, 5) is 0. The van der Waals surface area contributed by atoms with Gasteiger partial charge < -0.3 is 16.4 Å². The van der Waals surface area contributed by atoms with Gasteiger partial charge in [0.15, 0.2) is 0 Å². The minimum absolute atomic E-state index is 0. The standard InChI is InChI=1S/2Cr.3H2O.Ti/h;;3*1H2;. The monoisotopic (exact) mass is 206 g/mol. The predicted octanol–water partition coefficient (Wildman–Crippen LogP) is -2.48. The molecule has 0 aromatic rings. The van der Waals surface area contributed by atoms with Gasteiger partial charge in [0.25, 0.3) is 0 Å². The molecule has 0 bridgehead atoms. The maximum atomic E-state index is 0. The first-order valence-corrected chi connectivity index (χ1v) is 0. The zero-order valence-corrected chi connectivity index (χ0v) is 6.93. The smallest absolute Gasteiger partial charge is 0 e. The van der Waals surface area contributed by atoms with Crippen molar-refractivity contribution in [2.45, 2.75) is 0 Å². The van der Waals surface area contributed by atoms with Crippen molar-refractivity contribution in [3.63, 3.8) is 0 Å². The van der Waals surface area contributed by atoms with Crippen LogP contribution in [0.4, 0.5) is 0 Å². The van der Waals surface area contributed by atoms with Crippen LogP contribution in [0.1, 0.15) is 0 Å². The molecule has 6 heteroatoms. The molecule has 0 fully saturated rings. The fourth-order valence-electron chi connectivity index (χ4n) is 0. The van der Waals surface area contributed by atoms with Crippen LogP contribution in [-0.4, -0.2) is 16.4 Å². The van der Waals surface area contributed by atoms with E-state index < -0.39 is 0 Å². The van der Waals surface area contributed by atoms with Crippen molar-refractivity contribution in [1.29, 1.82) is 0 Å². The van der Waals surface area contributed by atoms with Gasteiger partial charge in [0.1, 0.15) is 0 Å². The Kier molecular flexibility index (Phi) is 1590. The van der Waals surface area contributed by atoms with E-state index in [9.17, 15) is 0 Å². The Morgan fingerprint density at radius 3 is 0.500 bits per heavy atom. The van der Waals surface area contributed by atoms with E-state index in [1.807, 2.05) is 0 Å². The molecular weight excluding hydrogens is 200 g/mol. The molecule has 0 aromatic heterocycles. The Morgan fingerprint density at radius 1 is 0.500 bits per heavy atom. The van der Waals surface area contributed by atoms with Gasteiger partial charge in [-0.15, -0.1) is 0 Å². The van der Waals surface area contributed by atoms with Crippen LogP contribution in [0.3, 0.4) is 0 Å². The van der Waals surface area contributed by atoms with Crippen LogP contribution in [0.2, 0.25) is 0 Å². The summed E-state index contributed by atoms with van der Waals surface area (Å²) in [5.41, 5.74) is 0. The van der Waals surface area contributed by atoms with E-state index in [1.165, 1.54) is 0 Å². The Morgan fingerprint density at radius 2 is 0.500 bits per heavy atom. The number of rotatable bonds is 0. The number of hydrogen-bond donors (Lipinski definition) is 0. The third-order valence-electron chi connectivity index (χ3n) is 0. The summed E-state index contributed by atoms with van der Waals surface area (Å²) in [7, 11) is 0. The molecule has 3 nitrogen and oxygen atoms in total. The molecule has 0 unspecified atom stereocenters. The van der Waals surface area contributed by atoms with Crippen molar-refractivity contribution in [3.05, 3.63) is 0 Å². The Labute approximate surface area is 72.6 Å². The van der Waals surface area contributed by atoms with E-state index in [1.54, 1.807) is 0 Å². The van der Waals surface area contributed by atoms with E-state index in [0.29, 0.717) is 0 Å². The normalized spacial score (nSPS) is 0. The van der Waals surface area contributed by atoms with Crippen molar-refractivity contribution in [1.82, 2.24) is 0 Å². The molecule has 0 amide bonds. The van der Waals surface area contributed by atoms with Crippen LogP contribution in [0, 0.1) is 0 Å². The molecule has 0 aliphatic carbocycles. The second kappa shape index (κ2) is 77.5. The van der Waals surface area contributed by atoms with E-state index >= 15 is 0 Å². The van der Waals surface area contributed by atoms with Gasteiger partial charge in [-0.1, -0.05) is 0 Å². The summed E-state index contributed by atoms with van der Waals surface area (Å²) in [6.07, 6.45) is 0. The van der Waals surface area contributed by atoms with Crippen molar-refractivity contribution in [2.75, 3.05) is 0 Å². The van der Waals surface area contributed by atoms with Crippen LogP contribution >= 0.6 is 0 Å². The number of hydrogen-bond acceptors (Lipinski definition) is 0. The zero-order valence-electron chi connectivity index (χ0n) is 2.82. The summed E-state index contributed by atoms with van der Waals surface area (Å²) in [5.74, 6) is 0. The second-order valence-corrected chi connectivity index (χ2v) is 0. The minimum Gasteiger partial charge on any atom is -0.412 e. The van der Waals surface area contributed by atoms with Gasteiger partial charge in [0, 0.05) is 56.4 Å². The molecule has 0 heterocycles. The second-order valence-electron chi connectivity index (χ2n) is 0. The maximum absolute atomic E-state index is 0. The zero-order chi connectivity index (χ0) is 0. The third kappa shape index (κ3) is 44.6. The van der Waals surface area contributed by atoms with E-state index in [-0.39, 0.29) is 72.9 Å². The van der Waals surface area contributed by atoms with Gasteiger partial charge in [-0.05, 0) is 0 Å². The van der Waals surface area contributed by atoms with Gasteiger partial charge in [-0.2, -0.15) is 0 Å². The van der Waals surface area contributed by atoms with Crippen LogP contribution in [0.15, 0.2) is 0 Å². The first kappa shape index (κ1) is 123. The fraction of sp³-hybridized carbons (Fsp3) is 0.